The summed E-state index contributed by atoms with van der Waals surface area (Å²) in [4.78, 5) is 16.7. The smallest absolute Gasteiger partial charge is 0.335 e. The quantitative estimate of drug-likeness (QED) is 0.772. The number of thiophene rings is 1. The molecule has 0 radical (unpaired) electrons. The van der Waals surface area contributed by atoms with Crippen molar-refractivity contribution in [2.24, 2.45) is 0 Å². The molecule has 0 bridgehead atoms. The second-order valence-electron chi connectivity index (χ2n) is 4.35. The first kappa shape index (κ1) is 13.0. The fourth-order valence-electron chi connectivity index (χ4n) is 1.90. The predicted molar refractivity (Wildman–Crippen MR) is 82.6 cm³/mol. The third kappa shape index (κ3) is 2.37. The Bertz CT molecular complexity index is 756. The van der Waals surface area contributed by atoms with E-state index in [1.807, 2.05) is 5.38 Å². The highest BCUT2D eigenvalue weighted by Gasteiger charge is 2.10. The van der Waals surface area contributed by atoms with Gasteiger partial charge in [0.2, 0.25) is 0 Å². The van der Waals surface area contributed by atoms with Gasteiger partial charge in [-0.25, -0.2) is 9.78 Å². The molecule has 0 unspecified atom stereocenters. The van der Waals surface area contributed by atoms with Gasteiger partial charge in [-0.1, -0.05) is 12.1 Å². The van der Waals surface area contributed by atoms with Crippen molar-refractivity contribution in [1.29, 1.82) is 0 Å². The molecule has 3 rings (SSSR count). The normalized spacial score (nSPS) is 10.7. The zero-order valence-electron chi connectivity index (χ0n) is 10.7. The Kier molecular flexibility index (Phi) is 3.38. The van der Waals surface area contributed by atoms with Crippen molar-refractivity contribution in [3.05, 3.63) is 52.2 Å². The summed E-state index contributed by atoms with van der Waals surface area (Å²) in [5.74, 6) is -0.911. The van der Waals surface area contributed by atoms with Gasteiger partial charge in [-0.2, -0.15) is 0 Å². The Morgan fingerprint density at radius 3 is 2.50 bits per heavy atom. The van der Waals surface area contributed by atoms with Gasteiger partial charge in [0.05, 0.1) is 16.1 Å². The SMILES string of the molecule is Cc1ccsc1-c1csc(-c2ccc(C(=O)O)cc2)n1. The molecule has 0 aliphatic rings. The van der Waals surface area contributed by atoms with Crippen molar-refractivity contribution in [2.75, 3.05) is 0 Å². The van der Waals surface area contributed by atoms with E-state index in [1.165, 1.54) is 10.4 Å². The zero-order chi connectivity index (χ0) is 14.1. The molecule has 0 aliphatic heterocycles. The number of rotatable bonds is 3. The minimum absolute atomic E-state index is 0.291. The fourth-order valence-corrected chi connectivity index (χ4v) is 3.68. The summed E-state index contributed by atoms with van der Waals surface area (Å²) in [5, 5.41) is 13.9. The molecule has 0 saturated carbocycles. The van der Waals surface area contributed by atoms with Gasteiger partial charge in [0, 0.05) is 10.9 Å². The molecule has 2 heterocycles. The number of hydrogen-bond acceptors (Lipinski definition) is 4. The summed E-state index contributed by atoms with van der Waals surface area (Å²) >= 11 is 3.26. The third-order valence-corrected chi connectivity index (χ3v) is 4.91. The minimum atomic E-state index is -0.911. The summed E-state index contributed by atoms with van der Waals surface area (Å²) in [6.07, 6.45) is 0. The molecule has 0 saturated heterocycles. The average Bonchev–Trinajstić information content (AvgIpc) is 3.07. The standard InChI is InChI=1S/C15H11NO2S2/c1-9-6-7-19-13(9)12-8-20-14(16-12)10-2-4-11(5-3-10)15(17)18/h2-8H,1H3,(H,17,18). The number of carbonyl (C=O) groups is 1. The maximum atomic E-state index is 10.8. The topological polar surface area (TPSA) is 50.2 Å². The Hall–Kier alpha value is -1.98. The number of aryl methyl sites for hydroxylation is 1. The van der Waals surface area contributed by atoms with E-state index in [0.717, 1.165) is 16.3 Å². The largest absolute Gasteiger partial charge is 0.478 e. The molecule has 1 aromatic carbocycles. The number of carboxylic acid groups (broad SMARTS) is 1. The van der Waals surface area contributed by atoms with Gasteiger partial charge in [0.15, 0.2) is 0 Å². The van der Waals surface area contributed by atoms with E-state index in [-0.39, 0.29) is 0 Å². The van der Waals surface area contributed by atoms with Crippen LogP contribution in [0.4, 0.5) is 0 Å². The summed E-state index contributed by atoms with van der Waals surface area (Å²) in [7, 11) is 0. The van der Waals surface area contributed by atoms with Crippen LogP contribution in [0.1, 0.15) is 15.9 Å². The molecule has 0 atom stereocenters. The van der Waals surface area contributed by atoms with Crippen LogP contribution in [0.2, 0.25) is 0 Å². The van der Waals surface area contributed by atoms with E-state index in [2.05, 4.69) is 23.4 Å². The van der Waals surface area contributed by atoms with E-state index in [4.69, 9.17) is 5.11 Å². The van der Waals surface area contributed by atoms with Gasteiger partial charge in [-0.05, 0) is 36.1 Å². The molecule has 0 fully saturated rings. The first-order chi connectivity index (χ1) is 9.65. The highest BCUT2D eigenvalue weighted by atomic mass is 32.1. The van der Waals surface area contributed by atoms with Crippen molar-refractivity contribution in [3.63, 3.8) is 0 Å². The maximum Gasteiger partial charge on any atom is 0.335 e. The Morgan fingerprint density at radius 1 is 1.15 bits per heavy atom. The number of hydrogen-bond donors (Lipinski definition) is 1. The molecule has 5 heteroatoms. The number of thiazole rings is 1. The lowest BCUT2D eigenvalue weighted by Crippen LogP contribution is -1.94. The Labute approximate surface area is 124 Å². The molecule has 0 spiro atoms. The number of aromatic nitrogens is 1. The Morgan fingerprint density at radius 2 is 1.90 bits per heavy atom. The van der Waals surface area contributed by atoms with Crippen molar-refractivity contribution in [2.45, 2.75) is 6.92 Å². The lowest BCUT2D eigenvalue weighted by molar-refractivity contribution is 0.0697. The molecule has 0 amide bonds. The number of nitrogens with zero attached hydrogens (tertiary/aromatic N) is 1. The highest BCUT2D eigenvalue weighted by molar-refractivity contribution is 7.15. The summed E-state index contributed by atoms with van der Waals surface area (Å²) in [6.45, 7) is 2.08. The number of benzene rings is 1. The van der Waals surface area contributed by atoms with Crippen LogP contribution in [0.15, 0.2) is 41.1 Å². The van der Waals surface area contributed by atoms with E-state index in [0.29, 0.717) is 5.56 Å². The van der Waals surface area contributed by atoms with E-state index >= 15 is 0 Å². The molecular formula is C15H11NO2S2. The second kappa shape index (κ2) is 5.19. The molecule has 20 heavy (non-hydrogen) atoms. The first-order valence-corrected chi connectivity index (χ1v) is 7.75. The van der Waals surface area contributed by atoms with E-state index < -0.39 is 5.97 Å². The van der Waals surface area contributed by atoms with Crippen LogP contribution in [-0.4, -0.2) is 16.1 Å². The maximum absolute atomic E-state index is 10.8. The summed E-state index contributed by atoms with van der Waals surface area (Å²) < 4.78 is 0. The van der Waals surface area contributed by atoms with Gasteiger partial charge in [-0.3, -0.25) is 0 Å². The van der Waals surface area contributed by atoms with Crippen LogP contribution < -0.4 is 0 Å². The summed E-state index contributed by atoms with van der Waals surface area (Å²) in [5.41, 5.74) is 3.45. The lowest BCUT2D eigenvalue weighted by Gasteiger charge is -1.98. The molecular weight excluding hydrogens is 290 g/mol. The molecule has 3 aromatic rings. The molecule has 3 nitrogen and oxygen atoms in total. The minimum Gasteiger partial charge on any atom is -0.478 e. The van der Waals surface area contributed by atoms with Gasteiger partial charge in [0.25, 0.3) is 0 Å². The van der Waals surface area contributed by atoms with Crippen molar-refractivity contribution in [1.82, 2.24) is 4.98 Å². The molecule has 1 N–H and O–H groups in total. The van der Waals surface area contributed by atoms with Crippen molar-refractivity contribution in [3.8, 4) is 21.1 Å². The third-order valence-electron chi connectivity index (χ3n) is 2.98. The lowest BCUT2D eigenvalue weighted by atomic mass is 10.1. The van der Waals surface area contributed by atoms with E-state index in [1.54, 1.807) is 46.9 Å². The Balaban J connectivity index is 1.94. The van der Waals surface area contributed by atoms with Crippen molar-refractivity contribution >= 4 is 28.6 Å². The van der Waals surface area contributed by atoms with E-state index in [9.17, 15) is 4.79 Å². The predicted octanol–water partition coefficient (Wildman–Crippen LogP) is 4.55. The average molecular weight is 301 g/mol. The summed E-state index contributed by atoms with van der Waals surface area (Å²) in [6, 6.07) is 8.89. The second-order valence-corrected chi connectivity index (χ2v) is 6.13. The molecule has 100 valence electrons. The van der Waals surface area contributed by atoms with Gasteiger partial charge in [0.1, 0.15) is 5.01 Å². The van der Waals surface area contributed by atoms with Gasteiger partial charge >= 0.3 is 5.97 Å². The van der Waals surface area contributed by atoms with Crippen molar-refractivity contribution < 1.29 is 9.90 Å². The van der Waals surface area contributed by atoms with Crippen LogP contribution in [-0.2, 0) is 0 Å². The molecule has 0 aliphatic carbocycles. The van der Waals surface area contributed by atoms with Crippen LogP contribution in [0, 0.1) is 6.92 Å². The van der Waals surface area contributed by atoms with Crippen LogP contribution in [0.3, 0.4) is 0 Å². The van der Waals surface area contributed by atoms with Crippen LogP contribution >= 0.6 is 22.7 Å². The van der Waals surface area contributed by atoms with Crippen LogP contribution in [0.5, 0.6) is 0 Å². The van der Waals surface area contributed by atoms with Gasteiger partial charge in [-0.15, -0.1) is 22.7 Å². The number of aromatic carboxylic acids is 1. The highest BCUT2D eigenvalue weighted by Crippen LogP contribution is 2.33. The monoisotopic (exact) mass is 301 g/mol. The fraction of sp³-hybridized carbons (Fsp3) is 0.0667. The zero-order valence-corrected chi connectivity index (χ0v) is 12.3. The number of carboxylic acids is 1. The van der Waals surface area contributed by atoms with Gasteiger partial charge < -0.3 is 5.11 Å². The van der Waals surface area contributed by atoms with Crippen LogP contribution in [0.25, 0.3) is 21.1 Å². The molecule has 2 aromatic heterocycles. The first-order valence-electron chi connectivity index (χ1n) is 5.99.